The average molecular weight is 264 g/mol. The third-order valence-corrected chi connectivity index (χ3v) is 3.84. The van der Waals surface area contributed by atoms with Gasteiger partial charge in [0, 0.05) is 17.1 Å². The third-order valence-electron chi connectivity index (χ3n) is 2.51. The number of rotatable bonds is 4. The van der Waals surface area contributed by atoms with Gasteiger partial charge in [0.15, 0.2) is 0 Å². The second kappa shape index (κ2) is 5.30. The van der Waals surface area contributed by atoms with Crippen molar-refractivity contribution < 1.29 is 0 Å². The topological polar surface area (TPSA) is 70.7 Å². The molecule has 18 heavy (non-hydrogen) atoms. The Morgan fingerprint density at radius 1 is 1.56 bits per heavy atom. The largest absolute Gasteiger partial charge is 0.361 e. The Labute approximate surface area is 109 Å². The molecule has 2 aromatic heterocycles. The number of nitrogens with one attached hydrogen (secondary N) is 2. The van der Waals surface area contributed by atoms with Crippen LogP contribution in [0.5, 0.6) is 0 Å². The average Bonchev–Trinajstić information content (AvgIpc) is 2.75. The molecule has 1 atom stereocenters. The summed E-state index contributed by atoms with van der Waals surface area (Å²) in [4.78, 5) is 23.8. The molecule has 0 fully saturated rings. The monoisotopic (exact) mass is 264 g/mol. The van der Waals surface area contributed by atoms with Crippen molar-refractivity contribution in [2.24, 2.45) is 0 Å². The van der Waals surface area contributed by atoms with Crippen molar-refractivity contribution in [1.82, 2.24) is 15.0 Å². The van der Waals surface area contributed by atoms with Crippen LogP contribution in [-0.2, 0) is 6.42 Å². The predicted octanol–water partition coefficient (Wildman–Crippen LogP) is 2.27. The number of aromatic nitrogens is 3. The van der Waals surface area contributed by atoms with Gasteiger partial charge in [-0.25, -0.2) is 9.97 Å². The summed E-state index contributed by atoms with van der Waals surface area (Å²) in [5, 5.41) is 4.20. The van der Waals surface area contributed by atoms with E-state index in [9.17, 15) is 4.79 Å². The minimum atomic E-state index is -0.148. The molecule has 2 heterocycles. The quantitative estimate of drug-likeness (QED) is 0.888. The molecule has 0 spiro atoms. The fourth-order valence-electron chi connectivity index (χ4n) is 1.62. The first-order valence-corrected chi connectivity index (χ1v) is 6.69. The van der Waals surface area contributed by atoms with Gasteiger partial charge >= 0.3 is 0 Å². The zero-order valence-corrected chi connectivity index (χ0v) is 11.5. The summed E-state index contributed by atoms with van der Waals surface area (Å²) >= 11 is 1.68. The number of hydrogen-bond acceptors (Lipinski definition) is 5. The first-order valence-electron chi connectivity index (χ1n) is 5.87. The molecule has 0 aromatic carbocycles. The fraction of sp³-hybridized carbons (Fsp3) is 0.417. The highest BCUT2D eigenvalue weighted by Crippen LogP contribution is 2.22. The summed E-state index contributed by atoms with van der Waals surface area (Å²) in [6.45, 7) is 5.88. The van der Waals surface area contributed by atoms with Crippen LogP contribution in [0.2, 0.25) is 0 Å². The van der Waals surface area contributed by atoms with Gasteiger partial charge in [0.25, 0.3) is 5.56 Å². The predicted molar refractivity (Wildman–Crippen MR) is 73.1 cm³/mol. The van der Waals surface area contributed by atoms with Gasteiger partial charge in [-0.05, 0) is 20.3 Å². The van der Waals surface area contributed by atoms with E-state index >= 15 is 0 Å². The SMILES string of the molecule is CCc1cnc(C(C)Nc2cc(=O)[nH]c(C)n2)s1. The Morgan fingerprint density at radius 3 is 2.94 bits per heavy atom. The number of thiazole rings is 1. The Morgan fingerprint density at radius 2 is 2.33 bits per heavy atom. The highest BCUT2D eigenvalue weighted by molar-refractivity contribution is 7.11. The van der Waals surface area contributed by atoms with Crippen LogP contribution in [0.1, 0.15) is 35.6 Å². The fourth-order valence-corrected chi connectivity index (χ4v) is 2.48. The molecular formula is C12H16N4OS. The van der Waals surface area contributed by atoms with Gasteiger partial charge in [0.1, 0.15) is 16.6 Å². The molecule has 2 aromatic rings. The molecule has 0 saturated heterocycles. The summed E-state index contributed by atoms with van der Waals surface area (Å²) in [7, 11) is 0. The number of aryl methyl sites for hydroxylation is 2. The van der Waals surface area contributed by atoms with Gasteiger partial charge in [0.2, 0.25) is 0 Å². The molecule has 2 rings (SSSR count). The molecule has 0 radical (unpaired) electrons. The lowest BCUT2D eigenvalue weighted by Gasteiger charge is -2.11. The van der Waals surface area contributed by atoms with Crippen molar-refractivity contribution in [2.45, 2.75) is 33.2 Å². The Kier molecular flexibility index (Phi) is 3.76. The molecule has 0 bridgehead atoms. The minimum Gasteiger partial charge on any atom is -0.361 e. The van der Waals surface area contributed by atoms with E-state index in [1.807, 2.05) is 13.1 Å². The Balaban J connectivity index is 2.15. The number of hydrogen-bond donors (Lipinski definition) is 2. The molecule has 1 unspecified atom stereocenters. The van der Waals surface area contributed by atoms with E-state index in [1.54, 1.807) is 18.3 Å². The highest BCUT2D eigenvalue weighted by atomic mass is 32.1. The van der Waals surface area contributed by atoms with Gasteiger partial charge in [-0.2, -0.15) is 0 Å². The lowest BCUT2D eigenvalue weighted by atomic mass is 10.3. The Bertz CT molecular complexity index is 590. The van der Waals surface area contributed by atoms with Crippen LogP contribution in [0, 0.1) is 6.92 Å². The molecular weight excluding hydrogens is 248 g/mol. The molecule has 0 aliphatic heterocycles. The minimum absolute atomic E-state index is 0.0454. The lowest BCUT2D eigenvalue weighted by Crippen LogP contribution is -2.14. The third kappa shape index (κ3) is 2.95. The summed E-state index contributed by atoms with van der Waals surface area (Å²) in [6.07, 6.45) is 2.89. The van der Waals surface area contributed by atoms with Crippen LogP contribution in [0.15, 0.2) is 17.1 Å². The molecule has 0 amide bonds. The van der Waals surface area contributed by atoms with E-state index < -0.39 is 0 Å². The van der Waals surface area contributed by atoms with E-state index in [4.69, 9.17) is 0 Å². The van der Waals surface area contributed by atoms with Gasteiger partial charge < -0.3 is 10.3 Å². The molecule has 2 N–H and O–H groups in total. The Hall–Kier alpha value is -1.69. The molecule has 0 saturated carbocycles. The zero-order chi connectivity index (χ0) is 13.1. The van der Waals surface area contributed by atoms with Crippen LogP contribution < -0.4 is 10.9 Å². The second-order valence-electron chi connectivity index (χ2n) is 4.10. The van der Waals surface area contributed by atoms with Crippen LogP contribution in [0.4, 0.5) is 5.82 Å². The van der Waals surface area contributed by atoms with E-state index in [0.717, 1.165) is 11.4 Å². The zero-order valence-electron chi connectivity index (χ0n) is 10.7. The summed E-state index contributed by atoms with van der Waals surface area (Å²) in [6, 6.07) is 1.50. The van der Waals surface area contributed by atoms with Gasteiger partial charge in [-0.3, -0.25) is 4.79 Å². The van der Waals surface area contributed by atoms with Crippen LogP contribution in [0.25, 0.3) is 0 Å². The first-order chi connectivity index (χ1) is 8.58. The second-order valence-corrected chi connectivity index (χ2v) is 5.25. The highest BCUT2D eigenvalue weighted by Gasteiger charge is 2.11. The molecule has 0 aliphatic rings. The van der Waals surface area contributed by atoms with E-state index in [2.05, 4.69) is 27.2 Å². The van der Waals surface area contributed by atoms with Crippen molar-refractivity contribution in [3.8, 4) is 0 Å². The maximum absolute atomic E-state index is 11.3. The molecule has 6 heteroatoms. The molecule has 0 aliphatic carbocycles. The van der Waals surface area contributed by atoms with Crippen LogP contribution in [-0.4, -0.2) is 15.0 Å². The van der Waals surface area contributed by atoms with Crippen LogP contribution in [0.3, 0.4) is 0 Å². The number of H-pyrrole nitrogens is 1. The number of anilines is 1. The van der Waals surface area contributed by atoms with Crippen LogP contribution >= 0.6 is 11.3 Å². The summed E-state index contributed by atoms with van der Waals surface area (Å²) < 4.78 is 0. The van der Waals surface area contributed by atoms with Gasteiger partial charge in [0.05, 0.1) is 6.04 Å². The van der Waals surface area contributed by atoms with Crippen molar-refractivity contribution in [3.05, 3.63) is 38.3 Å². The first kappa shape index (κ1) is 12.8. The summed E-state index contributed by atoms with van der Waals surface area (Å²) in [5.74, 6) is 1.18. The van der Waals surface area contributed by atoms with Crippen molar-refractivity contribution in [1.29, 1.82) is 0 Å². The molecule has 96 valence electrons. The number of aromatic amines is 1. The van der Waals surface area contributed by atoms with Gasteiger partial charge in [-0.1, -0.05) is 6.92 Å². The van der Waals surface area contributed by atoms with E-state index in [1.165, 1.54) is 10.9 Å². The summed E-state index contributed by atoms with van der Waals surface area (Å²) in [5.41, 5.74) is -0.148. The van der Waals surface area contributed by atoms with E-state index in [0.29, 0.717) is 11.6 Å². The smallest absolute Gasteiger partial charge is 0.252 e. The van der Waals surface area contributed by atoms with Crippen molar-refractivity contribution in [2.75, 3.05) is 5.32 Å². The standard InChI is InChI=1S/C12H16N4OS/c1-4-9-6-13-12(18-9)7(2)14-10-5-11(17)16-8(3)15-10/h5-7H,4H2,1-3H3,(H2,14,15,16,17). The normalized spacial score (nSPS) is 12.4. The maximum atomic E-state index is 11.3. The maximum Gasteiger partial charge on any atom is 0.252 e. The van der Waals surface area contributed by atoms with Crippen molar-refractivity contribution in [3.63, 3.8) is 0 Å². The molecule has 5 nitrogen and oxygen atoms in total. The number of nitrogens with zero attached hydrogens (tertiary/aromatic N) is 2. The van der Waals surface area contributed by atoms with Gasteiger partial charge in [-0.15, -0.1) is 11.3 Å². The van der Waals surface area contributed by atoms with E-state index in [-0.39, 0.29) is 11.6 Å². The lowest BCUT2D eigenvalue weighted by molar-refractivity contribution is 0.852. The van der Waals surface area contributed by atoms with Crippen molar-refractivity contribution >= 4 is 17.2 Å².